The molecule has 0 fully saturated rings. The maximum absolute atomic E-state index is 13.6. The van der Waals surface area contributed by atoms with Gasteiger partial charge in [-0.05, 0) is 67.9 Å². The lowest BCUT2D eigenvalue weighted by Crippen LogP contribution is -2.14. The van der Waals surface area contributed by atoms with Gasteiger partial charge < -0.3 is 4.74 Å². The molecule has 8 nitrogen and oxygen atoms in total. The zero-order valence-corrected chi connectivity index (χ0v) is 20.2. The Morgan fingerprint density at radius 2 is 1.69 bits per heavy atom. The fourth-order valence-corrected chi connectivity index (χ4v) is 4.08. The maximum atomic E-state index is 13.6. The van der Waals surface area contributed by atoms with E-state index in [1.54, 1.807) is 73.1 Å². The van der Waals surface area contributed by atoms with Gasteiger partial charge in [-0.1, -0.05) is 11.6 Å². The number of aromatic nitrogens is 2. The summed E-state index contributed by atoms with van der Waals surface area (Å²) in [5, 5.41) is 1.16. The topological polar surface area (TPSA) is 96.7 Å². The van der Waals surface area contributed by atoms with Crippen LogP contribution in [0.3, 0.4) is 0 Å². The normalized spacial score (nSPS) is 10.8. The van der Waals surface area contributed by atoms with Gasteiger partial charge in [0.15, 0.2) is 0 Å². The highest BCUT2D eigenvalue weighted by molar-refractivity contribution is 6.30. The van der Waals surface area contributed by atoms with E-state index in [4.69, 9.17) is 21.2 Å². The number of carbonyl (C=O) groups excluding carboxylic acids is 3. The lowest BCUT2D eigenvalue weighted by atomic mass is 9.99. The Hall–Kier alpha value is -4.17. The lowest BCUT2D eigenvalue weighted by molar-refractivity contribution is -0.231. The number of ether oxygens (including phenoxy) is 1. The Morgan fingerprint density at radius 1 is 0.971 bits per heavy atom. The molecule has 0 radical (unpaired) electrons. The first-order valence-electron chi connectivity index (χ1n) is 10.6. The summed E-state index contributed by atoms with van der Waals surface area (Å²) in [6.07, 6.45) is 1.55. The van der Waals surface area contributed by atoms with Gasteiger partial charge in [0, 0.05) is 40.4 Å². The number of methoxy groups -OCH3 is 1. The van der Waals surface area contributed by atoms with Crippen LogP contribution in [0.5, 0.6) is 5.75 Å². The van der Waals surface area contributed by atoms with Crippen molar-refractivity contribution in [3.63, 3.8) is 0 Å². The summed E-state index contributed by atoms with van der Waals surface area (Å²) in [6, 6.07) is 13.5. The average molecular weight is 493 g/mol. The first kappa shape index (κ1) is 24.0. The molecule has 4 aromatic rings. The number of aryl methyl sites for hydroxylation is 1. The van der Waals surface area contributed by atoms with Gasteiger partial charge in [0.05, 0.1) is 23.9 Å². The molecule has 0 atom stereocenters. The molecule has 0 unspecified atom stereocenters. The SMILES string of the molecule is COc1ccc2c(c1)c(-c1nccc(C)c1C(=O)OOC(C)=O)c(C)n2C(=O)c1ccc(Cl)cc1. The van der Waals surface area contributed by atoms with Crippen molar-refractivity contribution < 1.29 is 28.9 Å². The highest BCUT2D eigenvalue weighted by Crippen LogP contribution is 2.38. The van der Waals surface area contributed by atoms with Crippen molar-refractivity contribution >= 4 is 40.3 Å². The summed E-state index contributed by atoms with van der Waals surface area (Å²) in [4.78, 5) is 51.3. The summed E-state index contributed by atoms with van der Waals surface area (Å²) >= 11 is 6.00. The number of hydrogen-bond acceptors (Lipinski definition) is 7. The molecule has 2 aromatic carbocycles. The van der Waals surface area contributed by atoms with Crippen molar-refractivity contribution in [2.45, 2.75) is 20.8 Å². The minimum Gasteiger partial charge on any atom is -0.497 e. The molecule has 4 rings (SSSR count). The van der Waals surface area contributed by atoms with Crippen LogP contribution in [0.4, 0.5) is 0 Å². The van der Waals surface area contributed by atoms with Crippen LogP contribution in [0, 0.1) is 13.8 Å². The number of halogens is 1. The van der Waals surface area contributed by atoms with Gasteiger partial charge in [0.1, 0.15) is 5.75 Å². The van der Waals surface area contributed by atoms with Gasteiger partial charge in [-0.25, -0.2) is 19.4 Å². The number of carbonyl (C=O) groups is 3. The third kappa shape index (κ3) is 4.48. The molecule has 0 aliphatic heterocycles. The number of benzene rings is 2. The van der Waals surface area contributed by atoms with Crippen LogP contribution in [0.1, 0.15) is 38.9 Å². The van der Waals surface area contributed by atoms with Crippen molar-refractivity contribution in [2.75, 3.05) is 7.11 Å². The summed E-state index contributed by atoms with van der Waals surface area (Å²) in [5.74, 6) is -1.37. The summed E-state index contributed by atoms with van der Waals surface area (Å²) in [5.41, 5.74) is 3.06. The number of nitrogens with zero attached hydrogens (tertiary/aromatic N) is 2. The van der Waals surface area contributed by atoms with Crippen molar-refractivity contribution in [3.8, 4) is 17.0 Å². The lowest BCUT2D eigenvalue weighted by Gasteiger charge is -2.11. The molecule has 0 N–H and O–H groups in total. The highest BCUT2D eigenvalue weighted by atomic mass is 35.5. The first-order chi connectivity index (χ1) is 16.7. The van der Waals surface area contributed by atoms with Gasteiger partial charge in [-0.15, -0.1) is 0 Å². The van der Waals surface area contributed by atoms with Crippen LogP contribution in [0.15, 0.2) is 54.7 Å². The third-order valence-corrected chi connectivity index (χ3v) is 5.79. The summed E-state index contributed by atoms with van der Waals surface area (Å²) in [7, 11) is 1.54. The van der Waals surface area contributed by atoms with Crippen LogP contribution in [-0.2, 0) is 14.6 Å². The van der Waals surface area contributed by atoms with E-state index in [9.17, 15) is 14.4 Å². The minimum atomic E-state index is -0.881. The first-order valence-corrected chi connectivity index (χ1v) is 11.0. The zero-order valence-electron chi connectivity index (χ0n) is 19.4. The predicted octanol–water partition coefficient (Wildman–Crippen LogP) is 5.31. The zero-order chi connectivity index (χ0) is 25.3. The van der Waals surface area contributed by atoms with E-state index in [1.165, 1.54) is 7.11 Å². The molecule has 35 heavy (non-hydrogen) atoms. The Bertz CT molecular complexity index is 1470. The molecule has 2 aromatic heterocycles. The average Bonchev–Trinajstić information content (AvgIpc) is 3.12. The third-order valence-electron chi connectivity index (χ3n) is 5.54. The van der Waals surface area contributed by atoms with Gasteiger partial charge in [0.2, 0.25) is 0 Å². The fraction of sp³-hybridized carbons (Fsp3) is 0.154. The molecular formula is C26H21ClN2O6. The van der Waals surface area contributed by atoms with E-state index in [1.807, 2.05) is 0 Å². The van der Waals surface area contributed by atoms with Crippen LogP contribution >= 0.6 is 11.6 Å². The van der Waals surface area contributed by atoms with E-state index in [0.717, 1.165) is 6.92 Å². The summed E-state index contributed by atoms with van der Waals surface area (Å²) < 4.78 is 6.96. The smallest absolute Gasteiger partial charge is 0.388 e. The van der Waals surface area contributed by atoms with Gasteiger partial charge >= 0.3 is 11.9 Å². The van der Waals surface area contributed by atoms with E-state index >= 15 is 0 Å². The van der Waals surface area contributed by atoms with Gasteiger partial charge in [0.25, 0.3) is 5.91 Å². The molecular weight excluding hydrogens is 472 g/mol. The van der Waals surface area contributed by atoms with Crippen molar-refractivity contribution in [1.29, 1.82) is 0 Å². The Labute approximate surface area is 205 Å². The second-order valence-corrected chi connectivity index (χ2v) is 8.22. The van der Waals surface area contributed by atoms with Crippen LogP contribution in [0.2, 0.25) is 5.02 Å². The van der Waals surface area contributed by atoms with E-state index in [-0.39, 0.29) is 17.2 Å². The molecule has 0 saturated heterocycles. The van der Waals surface area contributed by atoms with E-state index < -0.39 is 11.9 Å². The maximum Gasteiger partial charge on any atom is 0.388 e. The van der Waals surface area contributed by atoms with Crippen molar-refractivity contribution in [1.82, 2.24) is 9.55 Å². The van der Waals surface area contributed by atoms with Gasteiger partial charge in [-0.3, -0.25) is 14.3 Å². The number of rotatable bonds is 4. The molecule has 0 aliphatic rings. The fourth-order valence-electron chi connectivity index (χ4n) is 3.95. The van der Waals surface area contributed by atoms with Gasteiger partial charge in [-0.2, -0.15) is 0 Å². The minimum absolute atomic E-state index is 0.109. The van der Waals surface area contributed by atoms with Crippen LogP contribution in [0.25, 0.3) is 22.2 Å². The number of fused-ring (bicyclic) bond motifs is 1. The predicted molar refractivity (Wildman–Crippen MR) is 130 cm³/mol. The Balaban J connectivity index is 1.99. The molecule has 178 valence electrons. The monoisotopic (exact) mass is 492 g/mol. The number of pyridine rings is 1. The molecule has 2 heterocycles. The second kappa shape index (κ2) is 9.60. The highest BCUT2D eigenvalue weighted by Gasteiger charge is 2.27. The molecule has 0 bridgehead atoms. The van der Waals surface area contributed by atoms with E-state index in [0.29, 0.717) is 44.1 Å². The standard InChI is InChI=1S/C26H21ClN2O6/c1-14-11-12-28-24(22(14)26(32)35-34-16(3)30)23-15(2)29(21-10-9-19(33-4)13-20(21)23)25(31)17-5-7-18(27)8-6-17/h5-13H,1-4H3. The Kier molecular flexibility index (Phi) is 6.57. The second-order valence-electron chi connectivity index (χ2n) is 7.79. The number of hydrogen-bond donors (Lipinski definition) is 0. The van der Waals surface area contributed by atoms with E-state index in [2.05, 4.69) is 9.87 Å². The van der Waals surface area contributed by atoms with Crippen LogP contribution in [-0.4, -0.2) is 34.5 Å². The summed E-state index contributed by atoms with van der Waals surface area (Å²) in [6.45, 7) is 4.60. The molecule has 0 spiro atoms. The molecule has 0 aliphatic carbocycles. The molecule has 9 heteroatoms. The van der Waals surface area contributed by atoms with Crippen molar-refractivity contribution in [3.05, 3.63) is 82.1 Å². The Morgan fingerprint density at radius 3 is 2.34 bits per heavy atom. The molecule has 0 amide bonds. The molecule has 0 saturated carbocycles. The van der Waals surface area contributed by atoms with Crippen LogP contribution < -0.4 is 4.74 Å². The van der Waals surface area contributed by atoms with Crippen molar-refractivity contribution in [2.24, 2.45) is 0 Å². The quantitative estimate of drug-likeness (QED) is 0.281. The largest absolute Gasteiger partial charge is 0.497 e.